The van der Waals surface area contributed by atoms with E-state index in [0.29, 0.717) is 5.92 Å². The number of carbonyl (C=O) groups is 1. The molecule has 20 heavy (non-hydrogen) atoms. The Balaban J connectivity index is 1.78. The van der Waals surface area contributed by atoms with E-state index in [1.54, 1.807) is 11.0 Å². The van der Waals surface area contributed by atoms with Gasteiger partial charge in [0.05, 0.1) is 11.0 Å². The summed E-state index contributed by atoms with van der Waals surface area (Å²) in [5, 5.41) is 0. The molecule has 1 aliphatic rings. The quantitative estimate of drug-likeness (QED) is 0.868. The number of imidazole rings is 1. The number of hydrogen-bond acceptors (Lipinski definition) is 2. The van der Waals surface area contributed by atoms with Crippen molar-refractivity contribution in [2.24, 2.45) is 5.92 Å². The highest BCUT2D eigenvalue weighted by atomic mass is 16.2. The van der Waals surface area contributed by atoms with Gasteiger partial charge in [0.2, 0.25) is 0 Å². The first-order valence-electron chi connectivity index (χ1n) is 7.16. The van der Waals surface area contributed by atoms with Gasteiger partial charge in [0.1, 0.15) is 6.33 Å². The lowest BCUT2D eigenvalue weighted by molar-refractivity contribution is 0.137. The van der Waals surface area contributed by atoms with Crippen LogP contribution in [0.25, 0.3) is 11.0 Å². The van der Waals surface area contributed by atoms with Gasteiger partial charge in [0, 0.05) is 12.6 Å². The Morgan fingerprint density at radius 1 is 1.35 bits per heavy atom. The van der Waals surface area contributed by atoms with Gasteiger partial charge in [-0.05, 0) is 37.8 Å². The number of aromatic nitrogens is 2. The number of piperidine rings is 1. The Hall–Kier alpha value is -2.04. The average Bonchev–Trinajstić information content (AvgIpc) is 2.85. The van der Waals surface area contributed by atoms with E-state index in [0.717, 1.165) is 24.0 Å². The number of fused-ring (bicyclic) bond motifs is 1. The third kappa shape index (κ3) is 2.24. The van der Waals surface area contributed by atoms with Gasteiger partial charge in [-0.15, -0.1) is 0 Å². The largest absolute Gasteiger partial charge is 0.336 e. The third-order valence-electron chi connectivity index (χ3n) is 4.30. The second-order valence-corrected chi connectivity index (χ2v) is 5.57. The van der Waals surface area contributed by atoms with E-state index in [1.165, 1.54) is 6.42 Å². The second kappa shape index (κ2) is 5.15. The van der Waals surface area contributed by atoms with E-state index < -0.39 is 0 Å². The number of para-hydroxylation sites is 2. The molecular weight excluding hydrogens is 252 g/mol. The number of carbonyl (C=O) groups excluding carboxylic acids is 1. The first kappa shape index (κ1) is 13.0. The Kier molecular flexibility index (Phi) is 3.34. The van der Waals surface area contributed by atoms with Gasteiger partial charge in [0.25, 0.3) is 0 Å². The molecule has 0 bridgehead atoms. The van der Waals surface area contributed by atoms with Gasteiger partial charge in [-0.25, -0.2) is 19.9 Å². The summed E-state index contributed by atoms with van der Waals surface area (Å²) in [6, 6.07) is 7.99. The monoisotopic (exact) mass is 272 g/mol. The highest BCUT2D eigenvalue weighted by Gasteiger charge is 2.28. The molecule has 1 aliphatic heterocycles. The van der Waals surface area contributed by atoms with Crippen molar-refractivity contribution < 1.29 is 4.79 Å². The summed E-state index contributed by atoms with van der Waals surface area (Å²) in [6.45, 7) is 5.15. The van der Waals surface area contributed by atoms with E-state index in [2.05, 4.69) is 24.3 Å². The number of urea groups is 1. The zero-order valence-electron chi connectivity index (χ0n) is 11.9. The molecule has 2 amide bonds. The van der Waals surface area contributed by atoms with Crippen molar-refractivity contribution in [1.29, 1.82) is 0 Å². The third-order valence-corrected chi connectivity index (χ3v) is 4.30. The minimum Gasteiger partial charge on any atom is -0.320 e. The number of nitrogens with one attached hydrogen (secondary N) is 1. The molecule has 2 aromatic rings. The number of nitrogens with zero attached hydrogens (tertiary/aromatic N) is 3. The molecule has 1 aromatic heterocycles. The fourth-order valence-corrected chi connectivity index (χ4v) is 2.84. The van der Waals surface area contributed by atoms with Gasteiger partial charge >= 0.3 is 6.03 Å². The fourth-order valence-electron chi connectivity index (χ4n) is 2.84. The van der Waals surface area contributed by atoms with Crippen LogP contribution in [0.1, 0.15) is 26.7 Å². The van der Waals surface area contributed by atoms with Crippen molar-refractivity contribution in [2.75, 3.05) is 12.0 Å². The Labute approximate surface area is 118 Å². The first-order chi connectivity index (χ1) is 9.66. The van der Waals surface area contributed by atoms with Crippen LogP contribution in [-0.4, -0.2) is 33.2 Å². The predicted octanol–water partition coefficient (Wildman–Crippen LogP) is 2.82. The lowest BCUT2D eigenvalue weighted by Gasteiger charge is -2.37. The van der Waals surface area contributed by atoms with Crippen LogP contribution in [0.5, 0.6) is 0 Å². The normalized spacial score (nSPS) is 23.0. The summed E-state index contributed by atoms with van der Waals surface area (Å²) in [5.41, 5.74) is 4.72. The van der Waals surface area contributed by atoms with Gasteiger partial charge in [-0.2, -0.15) is 0 Å². The van der Waals surface area contributed by atoms with E-state index in [-0.39, 0.29) is 12.1 Å². The SMILES string of the molecule is C[C@@H]1[C@@H](C)CCCN1C(=O)Nn1cnc2ccccc21. The molecule has 2 heterocycles. The van der Waals surface area contributed by atoms with Crippen molar-refractivity contribution in [1.82, 2.24) is 14.6 Å². The molecule has 5 nitrogen and oxygen atoms in total. The number of benzene rings is 1. The summed E-state index contributed by atoms with van der Waals surface area (Å²) in [6.07, 6.45) is 3.92. The topological polar surface area (TPSA) is 50.2 Å². The van der Waals surface area contributed by atoms with Gasteiger partial charge < -0.3 is 4.90 Å². The maximum absolute atomic E-state index is 12.4. The number of likely N-dealkylation sites (tertiary alicyclic amines) is 1. The molecule has 0 unspecified atom stereocenters. The first-order valence-corrected chi connectivity index (χ1v) is 7.16. The smallest absolute Gasteiger partial charge is 0.320 e. The fraction of sp³-hybridized carbons (Fsp3) is 0.467. The Morgan fingerprint density at radius 3 is 3.00 bits per heavy atom. The molecule has 3 rings (SSSR count). The summed E-state index contributed by atoms with van der Waals surface area (Å²) < 4.78 is 1.70. The van der Waals surface area contributed by atoms with E-state index in [9.17, 15) is 4.79 Å². The molecule has 2 atom stereocenters. The number of rotatable bonds is 1. The van der Waals surface area contributed by atoms with Crippen LogP contribution in [-0.2, 0) is 0 Å². The average molecular weight is 272 g/mol. The summed E-state index contributed by atoms with van der Waals surface area (Å²) in [7, 11) is 0. The molecule has 1 fully saturated rings. The maximum atomic E-state index is 12.4. The van der Waals surface area contributed by atoms with E-state index >= 15 is 0 Å². The van der Waals surface area contributed by atoms with Crippen LogP contribution >= 0.6 is 0 Å². The molecule has 0 radical (unpaired) electrons. The highest BCUT2D eigenvalue weighted by Crippen LogP contribution is 2.23. The van der Waals surface area contributed by atoms with Crippen LogP contribution in [0, 0.1) is 5.92 Å². The standard InChI is InChI=1S/C15H20N4O/c1-11-6-5-9-18(12(11)2)15(20)17-19-10-16-13-7-3-4-8-14(13)19/h3-4,7-8,10-12H,5-6,9H2,1-2H3,(H,17,20)/t11-,12+/m0/s1. The van der Waals surface area contributed by atoms with Crippen molar-refractivity contribution in [3.63, 3.8) is 0 Å². The zero-order valence-corrected chi connectivity index (χ0v) is 11.9. The highest BCUT2D eigenvalue weighted by molar-refractivity contribution is 5.85. The molecule has 106 valence electrons. The predicted molar refractivity (Wildman–Crippen MR) is 79.1 cm³/mol. The summed E-state index contributed by atoms with van der Waals surface area (Å²) >= 11 is 0. The molecule has 1 saturated heterocycles. The van der Waals surface area contributed by atoms with Crippen molar-refractivity contribution >= 4 is 17.1 Å². The minimum absolute atomic E-state index is 0.0489. The number of amides is 2. The van der Waals surface area contributed by atoms with Gasteiger partial charge in [-0.1, -0.05) is 19.1 Å². The maximum Gasteiger partial charge on any atom is 0.336 e. The molecule has 0 aliphatic carbocycles. The molecule has 1 aromatic carbocycles. The molecular formula is C15H20N4O. The molecule has 0 spiro atoms. The van der Waals surface area contributed by atoms with Crippen LogP contribution in [0.15, 0.2) is 30.6 Å². The second-order valence-electron chi connectivity index (χ2n) is 5.57. The van der Waals surface area contributed by atoms with Crippen molar-refractivity contribution in [2.45, 2.75) is 32.7 Å². The summed E-state index contributed by atoms with van der Waals surface area (Å²) in [5.74, 6) is 0.550. The zero-order chi connectivity index (χ0) is 14.1. The van der Waals surface area contributed by atoms with Crippen LogP contribution in [0.4, 0.5) is 4.79 Å². The molecule has 1 N–H and O–H groups in total. The summed E-state index contributed by atoms with van der Waals surface area (Å²) in [4.78, 5) is 18.6. The van der Waals surface area contributed by atoms with Crippen molar-refractivity contribution in [3.8, 4) is 0 Å². The van der Waals surface area contributed by atoms with Crippen LogP contribution in [0.2, 0.25) is 0 Å². The van der Waals surface area contributed by atoms with Crippen LogP contribution < -0.4 is 5.43 Å². The van der Waals surface area contributed by atoms with Crippen molar-refractivity contribution in [3.05, 3.63) is 30.6 Å². The molecule has 5 heteroatoms. The Bertz CT molecular complexity index is 621. The minimum atomic E-state index is -0.0489. The number of hydrogen-bond donors (Lipinski definition) is 1. The molecule has 0 saturated carbocycles. The lowest BCUT2D eigenvalue weighted by Crippen LogP contribution is -2.49. The Morgan fingerprint density at radius 2 is 2.15 bits per heavy atom. The lowest BCUT2D eigenvalue weighted by atomic mass is 9.92. The van der Waals surface area contributed by atoms with Gasteiger partial charge in [-0.3, -0.25) is 0 Å². The van der Waals surface area contributed by atoms with E-state index in [4.69, 9.17) is 0 Å². The van der Waals surface area contributed by atoms with E-state index in [1.807, 2.05) is 29.2 Å². The van der Waals surface area contributed by atoms with Gasteiger partial charge in [0.15, 0.2) is 0 Å². The van der Waals surface area contributed by atoms with Crippen LogP contribution in [0.3, 0.4) is 0 Å².